The van der Waals surface area contributed by atoms with E-state index in [9.17, 15) is 4.57 Å². The van der Waals surface area contributed by atoms with E-state index in [0.29, 0.717) is 31.5 Å². The summed E-state index contributed by atoms with van der Waals surface area (Å²) in [6, 6.07) is 25.1. The molecule has 7 atom stereocenters. The number of hydrogen-bond donors (Lipinski definition) is 0. The Hall–Kier alpha value is -3.79. The standard InChI is InChI=1S/C40H45B3ClO10P/c1-28(2)51-34-24-38(41)52-37(34)27-50-55(45,49-23-11-6-5-10-22-44)54-35-25-39(43-42)53-36(35)26-48-40(29-12-8-7-9-13-29,30-14-18-32(46-3)19-15-30)31-16-20-33(47-4)21-17-31/h7-9,12-21,28,34-39,43H,24-27,41-42H2,1-4H3/t34?,35?,36-,37-,38-,39-,55?/m1/s1. The van der Waals surface area contributed by atoms with Crippen molar-refractivity contribution < 1.29 is 46.6 Å². The van der Waals surface area contributed by atoms with Gasteiger partial charge in [-0.1, -0.05) is 54.6 Å². The minimum atomic E-state index is -4.39. The van der Waals surface area contributed by atoms with E-state index < -0.39 is 31.7 Å². The fourth-order valence-corrected chi connectivity index (χ4v) is 8.01. The first-order chi connectivity index (χ1) is 26.6. The van der Waals surface area contributed by atoms with Crippen LogP contribution in [0.5, 0.6) is 11.5 Å². The molecule has 2 aliphatic heterocycles. The van der Waals surface area contributed by atoms with Gasteiger partial charge in [0.1, 0.15) is 56.5 Å². The monoisotopic (exact) mass is 784 g/mol. The van der Waals surface area contributed by atoms with Gasteiger partial charge < -0.3 is 32.9 Å². The summed E-state index contributed by atoms with van der Waals surface area (Å²) >= 11 is 5.38. The first-order valence-corrected chi connectivity index (χ1v) is 20.1. The molecule has 2 fully saturated rings. The topological polar surface area (TPSA) is 100 Å². The summed E-state index contributed by atoms with van der Waals surface area (Å²) in [4.78, 5) is 0. The molecule has 0 radical (unpaired) electrons. The predicted octanol–water partition coefficient (Wildman–Crippen LogP) is 4.34. The molecule has 0 N–H and O–H groups in total. The van der Waals surface area contributed by atoms with Gasteiger partial charge in [0.25, 0.3) is 0 Å². The molecule has 10 nitrogen and oxygen atoms in total. The van der Waals surface area contributed by atoms with E-state index in [1.165, 1.54) is 0 Å². The van der Waals surface area contributed by atoms with E-state index in [4.69, 9.17) is 53.6 Å². The van der Waals surface area contributed by atoms with Crippen LogP contribution in [0.1, 0.15) is 43.4 Å². The molecule has 0 spiro atoms. The third kappa shape index (κ3) is 11.2. The van der Waals surface area contributed by atoms with Crippen LogP contribution in [0.3, 0.4) is 0 Å². The highest BCUT2D eigenvalue weighted by Crippen LogP contribution is 2.53. The summed E-state index contributed by atoms with van der Waals surface area (Å²) in [5.74, 6) is 11.2. The molecule has 5 rings (SSSR count). The van der Waals surface area contributed by atoms with Gasteiger partial charge in [-0.3, -0.25) is 9.05 Å². The molecule has 286 valence electrons. The van der Waals surface area contributed by atoms with E-state index in [1.807, 2.05) is 108 Å². The van der Waals surface area contributed by atoms with Crippen molar-refractivity contribution in [1.82, 2.24) is 0 Å². The van der Waals surface area contributed by atoms with Gasteiger partial charge in [-0.05, 0) is 79.2 Å². The molecule has 2 heterocycles. The second-order valence-electron chi connectivity index (χ2n) is 13.4. The van der Waals surface area contributed by atoms with E-state index in [-0.39, 0.29) is 37.4 Å². The van der Waals surface area contributed by atoms with Crippen molar-refractivity contribution in [3.63, 3.8) is 0 Å². The highest BCUT2D eigenvalue weighted by molar-refractivity contribution is 7.48. The lowest BCUT2D eigenvalue weighted by molar-refractivity contribution is -0.0777. The van der Waals surface area contributed by atoms with Crippen LogP contribution in [0.2, 0.25) is 0 Å². The Bertz CT molecular complexity index is 1870. The van der Waals surface area contributed by atoms with Gasteiger partial charge >= 0.3 is 7.82 Å². The Kier molecular flexibility index (Phi) is 15.7. The van der Waals surface area contributed by atoms with Crippen LogP contribution < -0.4 is 9.47 Å². The van der Waals surface area contributed by atoms with Crippen molar-refractivity contribution in [2.75, 3.05) is 27.4 Å². The molecule has 3 aromatic rings. The first kappa shape index (κ1) is 42.4. The number of phosphoric ester groups is 1. The fraction of sp³-hybridized carbons (Fsp3) is 0.400. The van der Waals surface area contributed by atoms with Crippen LogP contribution in [0, 0.1) is 35.2 Å². The van der Waals surface area contributed by atoms with Crippen LogP contribution in [-0.2, 0) is 42.7 Å². The maximum Gasteiger partial charge on any atom is 0.539 e. The number of hydrogen-bond acceptors (Lipinski definition) is 10. The molecule has 2 saturated heterocycles. The molecule has 0 bridgehead atoms. The van der Waals surface area contributed by atoms with Crippen molar-refractivity contribution in [1.29, 1.82) is 0 Å². The van der Waals surface area contributed by atoms with Gasteiger partial charge in [0.05, 0.1) is 47.4 Å². The van der Waals surface area contributed by atoms with Crippen molar-refractivity contribution >= 4 is 42.2 Å². The summed E-state index contributed by atoms with van der Waals surface area (Å²) in [6.07, 6.45) is 1.15. The first-order valence-electron chi connectivity index (χ1n) is 18.3. The lowest BCUT2D eigenvalue weighted by Gasteiger charge is -2.37. The van der Waals surface area contributed by atoms with Crippen LogP contribution >= 0.6 is 19.4 Å². The third-order valence-electron chi connectivity index (χ3n) is 9.31. The quantitative estimate of drug-likeness (QED) is 0.0852. The zero-order chi connectivity index (χ0) is 39.3. The molecule has 15 heteroatoms. The second-order valence-corrected chi connectivity index (χ2v) is 15.1. The summed E-state index contributed by atoms with van der Waals surface area (Å²) in [5, 5.41) is 2.15. The van der Waals surface area contributed by atoms with Gasteiger partial charge in [0.15, 0.2) is 0 Å². The number of benzene rings is 3. The van der Waals surface area contributed by atoms with Crippen LogP contribution in [0.25, 0.3) is 0 Å². The molecule has 2 aliphatic rings. The third-order valence-corrected chi connectivity index (χ3v) is 10.7. The van der Waals surface area contributed by atoms with Crippen LogP contribution in [0.15, 0.2) is 78.9 Å². The number of ether oxygens (including phenoxy) is 6. The van der Waals surface area contributed by atoms with Crippen molar-refractivity contribution in [3.05, 3.63) is 95.6 Å². The van der Waals surface area contributed by atoms with Gasteiger partial charge in [0, 0.05) is 41.1 Å². The van der Waals surface area contributed by atoms with Gasteiger partial charge in [-0.2, -0.15) is 0 Å². The highest BCUT2D eigenvalue weighted by Gasteiger charge is 2.46. The molecule has 55 heavy (non-hydrogen) atoms. The number of phosphoric acid groups is 1. The summed E-state index contributed by atoms with van der Waals surface area (Å²) in [7, 11) is 3.52. The number of halogens is 1. The number of rotatable bonds is 17. The van der Waals surface area contributed by atoms with Crippen molar-refractivity contribution in [2.45, 2.75) is 74.8 Å². The highest BCUT2D eigenvalue weighted by atomic mass is 35.5. The largest absolute Gasteiger partial charge is 0.539 e. The molecule has 0 aliphatic carbocycles. The fourth-order valence-electron chi connectivity index (χ4n) is 6.76. The molecule has 3 unspecified atom stereocenters. The number of methoxy groups -OCH3 is 2. The summed E-state index contributed by atoms with van der Waals surface area (Å²) < 4.78 is 69.0. The molecule has 3 aromatic carbocycles. The predicted molar refractivity (Wildman–Crippen MR) is 218 cm³/mol. The van der Waals surface area contributed by atoms with Crippen LogP contribution in [0.4, 0.5) is 0 Å². The van der Waals surface area contributed by atoms with Gasteiger partial charge in [0.2, 0.25) is 0 Å². The Labute approximate surface area is 332 Å². The zero-order valence-corrected chi connectivity index (χ0v) is 33.6. The van der Waals surface area contributed by atoms with Crippen molar-refractivity contribution in [2.24, 2.45) is 0 Å². The van der Waals surface area contributed by atoms with Gasteiger partial charge in [-0.15, -0.1) is 0 Å². The maximum atomic E-state index is 14.5. The average molecular weight is 785 g/mol. The minimum Gasteiger partial charge on any atom is -0.497 e. The van der Waals surface area contributed by atoms with E-state index in [2.05, 4.69) is 35.2 Å². The van der Waals surface area contributed by atoms with E-state index in [1.54, 1.807) is 14.2 Å². The Morgan fingerprint density at radius 3 is 2.02 bits per heavy atom. The molecular formula is C40H45B3ClO10P. The minimum absolute atomic E-state index is 0.0376. The van der Waals surface area contributed by atoms with E-state index in [0.717, 1.165) is 16.7 Å². The lowest BCUT2D eigenvalue weighted by Crippen LogP contribution is -2.38. The van der Waals surface area contributed by atoms with Gasteiger partial charge in [-0.25, -0.2) is 4.57 Å². The second kappa shape index (κ2) is 20.4. The summed E-state index contributed by atoms with van der Waals surface area (Å²) in [6.45, 7) is 3.81. The molecule has 0 aromatic heterocycles. The maximum absolute atomic E-state index is 14.5. The average Bonchev–Trinajstić information content (AvgIpc) is 3.76. The smallest absolute Gasteiger partial charge is 0.497 e. The molecule has 0 saturated carbocycles. The Morgan fingerprint density at radius 2 is 1.44 bits per heavy atom. The molecule has 0 amide bonds. The Morgan fingerprint density at radius 1 is 0.836 bits per heavy atom. The SMILES string of the molecule is BB[C@H]1CC(OP(=O)(OC#CC#CC#CCl)OC[C@H]2O[C@@H](B)CC2OC(C)C)[C@@H](COC(c2ccccc2)(c2ccc(OC)cc2)c2ccc(OC)cc2)O1. The normalized spacial score (nSPS) is 22.9. The molecular weight excluding hydrogens is 739 g/mol. The zero-order valence-electron chi connectivity index (χ0n) is 32.0. The van der Waals surface area contributed by atoms with Crippen molar-refractivity contribution in [3.8, 4) is 46.7 Å². The van der Waals surface area contributed by atoms with Crippen LogP contribution in [-0.4, -0.2) is 92.7 Å². The van der Waals surface area contributed by atoms with E-state index >= 15 is 0 Å². The summed E-state index contributed by atoms with van der Waals surface area (Å²) in [5.41, 5.74) is 1.46. The lowest BCUT2D eigenvalue weighted by atomic mass is 9.51. The Balaban J connectivity index is 1.47.